The van der Waals surface area contributed by atoms with Crippen LogP contribution in [-0.4, -0.2) is 41.4 Å². The molecule has 4 N–H and O–H groups in total. The number of ether oxygens (including phenoxy) is 1. The van der Waals surface area contributed by atoms with E-state index in [-0.39, 0.29) is 11.3 Å². The van der Waals surface area contributed by atoms with Crippen LogP contribution in [0, 0.1) is 34.5 Å². The highest BCUT2D eigenvalue weighted by Gasteiger charge is 2.66. The van der Waals surface area contributed by atoms with Crippen LogP contribution in [0.25, 0.3) is 0 Å². The van der Waals surface area contributed by atoms with Crippen LogP contribution in [0.3, 0.4) is 0 Å². The van der Waals surface area contributed by atoms with Gasteiger partial charge in [0.1, 0.15) is 0 Å². The van der Waals surface area contributed by atoms with E-state index in [1.54, 1.807) is 6.21 Å². The van der Waals surface area contributed by atoms with E-state index >= 15 is 0 Å². The Balaban J connectivity index is 1.55. The third-order valence-electron chi connectivity index (χ3n) is 9.59. The molecule has 4 aliphatic carbocycles. The average molecular weight is 379 g/mol. The van der Waals surface area contributed by atoms with Gasteiger partial charge in [0.25, 0.3) is 0 Å². The SMILES string of the molecule is C[C@]12CC[C@H](OCCN)C[C@H]1CC[C@@H]1[C@@H]2CC[C@]2(C)[C@@H](/C=N/O)CC[C@]12O. The van der Waals surface area contributed by atoms with Crippen molar-refractivity contribution in [1.29, 1.82) is 0 Å². The number of nitrogens with two attached hydrogens (primary N) is 1. The van der Waals surface area contributed by atoms with Crippen LogP contribution in [0.1, 0.15) is 71.6 Å². The van der Waals surface area contributed by atoms with Crippen molar-refractivity contribution in [3.05, 3.63) is 0 Å². The quantitative estimate of drug-likeness (QED) is 0.396. The van der Waals surface area contributed by atoms with Crippen LogP contribution in [0.15, 0.2) is 5.16 Å². The zero-order valence-electron chi connectivity index (χ0n) is 17.1. The fourth-order valence-corrected chi connectivity index (χ4v) is 7.93. The summed E-state index contributed by atoms with van der Waals surface area (Å²) in [6.45, 7) is 6.02. The third-order valence-corrected chi connectivity index (χ3v) is 9.59. The molecule has 0 aromatic carbocycles. The second-order valence-electron chi connectivity index (χ2n) is 10.3. The maximum Gasteiger partial charge on any atom is 0.0738 e. The molecule has 0 bridgehead atoms. The van der Waals surface area contributed by atoms with Gasteiger partial charge in [-0.15, -0.1) is 5.16 Å². The molecular weight excluding hydrogens is 340 g/mol. The molecule has 27 heavy (non-hydrogen) atoms. The van der Waals surface area contributed by atoms with Crippen molar-refractivity contribution in [2.75, 3.05) is 13.2 Å². The highest BCUT2D eigenvalue weighted by Crippen LogP contribution is 2.68. The Labute approximate surface area is 163 Å². The Hall–Kier alpha value is -0.650. The van der Waals surface area contributed by atoms with E-state index in [4.69, 9.17) is 15.7 Å². The maximum atomic E-state index is 12.0. The lowest BCUT2D eigenvalue weighted by molar-refractivity contribution is -0.207. The summed E-state index contributed by atoms with van der Waals surface area (Å²) in [6.07, 6.45) is 11.9. The molecule has 8 atom stereocenters. The van der Waals surface area contributed by atoms with Crippen LogP contribution in [0.5, 0.6) is 0 Å². The number of aliphatic hydroxyl groups is 1. The van der Waals surface area contributed by atoms with Gasteiger partial charge in [-0.05, 0) is 81.0 Å². The van der Waals surface area contributed by atoms with Gasteiger partial charge in [-0.3, -0.25) is 0 Å². The summed E-state index contributed by atoms with van der Waals surface area (Å²) in [5.74, 6) is 1.89. The van der Waals surface area contributed by atoms with Crippen molar-refractivity contribution in [3.8, 4) is 0 Å². The van der Waals surface area contributed by atoms with Gasteiger partial charge in [0, 0.05) is 24.1 Å². The third kappa shape index (κ3) is 2.79. The fourth-order valence-electron chi connectivity index (χ4n) is 7.93. The van der Waals surface area contributed by atoms with E-state index in [2.05, 4.69) is 19.0 Å². The first-order chi connectivity index (χ1) is 12.9. The Kier molecular flexibility index (Phi) is 5.09. The summed E-state index contributed by atoms with van der Waals surface area (Å²) in [6, 6.07) is 0. The summed E-state index contributed by atoms with van der Waals surface area (Å²) >= 11 is 0. The van der Waals surface area contributed by atoms with Gasteiger partial charge in [-0.2, -0.15) is 0 Å². The number of hydrogen-bond acceptors (Lipinski definition) is 5. The van der Waals surface area contributed by atoms with E-state index in [9.17, 15) is 5.11 Å². The topological polar surface area (TPSA) is 88.1 Å². The van der Waals surface area contributed by atoms with Gasteiger partial charge in [0.2, 0.25) is 0 Å². The maximum absolute atomic E-state index is 12.0. The first kappa shape index (κ1) is 19.7. The molecule has 0 unspecified atom stereocenters. The molecule has 0 amide bonds. The molecule has 0 radical (unpaired) electrons. The van der Waals surface area contributed by atoms with Crippen LogP contribution in [0.2, 0.25) is 0 Å². The minimum atomic E-state index is -0.608. The standard InChI is InChI=1S/C22H38N2O3/c1-20-8-6-17(27-12-11-23)13-15(20)3-4-19-18(20)7-9-21(2)16(14-24-26)5-10-22(19,21)25/h14-19,25-26H,3-13,23H2,1-2H3/b24-14+/t15-,16-,17+,18+,19-,20+,21-,22+/m1/s1. The number of rotatable bonds is 4. The summed E-state index contributed by atoms with van der Waals surface area (Å²) in [4.78, 5) is 0. The average Bonchev–Trinajstić information content (AvgIpc) is 2.92. The molecule has 4 saturated carbocycles. The molecule has 0 aliphatic heterocycles. The van der Waals surface area contributed by atoms with Gasteiger partial charge in [0.15, 0.2) is 0 Å². The van der Waals surface area contributed by atoms with E-state index in [1.165, 1.54) is 19.3 Å². The van der Waals surface area contributed by atoms with Crippen LogP contribution >= 0.6 is 0 Å². The molecule has 0 heterocycles. The second-order valence-corrected chi connectivity index (χ2v) is 10.3. The Bertz CT molecular complexity index is 584. The highest BCUT2D eigenvalue weighted by atomic mass is 16.5. The Morgan fingerprint density at radius 2 is 1.89 bits per heavy atom. The number of fused-ring (bicyclic) bond motifs is 5. The number of oxime groups is 1. The minimum Gasteiger partial charge on any atom is -0.411 e. The first-order valence-electron chi connectivity index (χ1n) is 11.1. The van der Waals surface area contributed by atoms with Crippen molar-refractivity contribution in [2.45, 2.75) is 83.3 Å². The van der Waals surface area contributed by atoms with Crippen LogP contribution < -0.4 is 5.73 Å². The predicted molar refractivity (Wildman–Crippen MR) is 106 cm³/mol. The predicted octanol–water partition coefficient (Wildman–Crippen LogP) is 3.56. The summed E-state index contributed by atoms with van der Waals surface area (Å²) in [5, 5.41) is 24.4. The molecule has 5 heteroatoms. The summed E-state index contributed by atoms with van der Waals surface area (Å²) in [7, 11) is 0. The normalized spacial score (nSPS) is 52.4. The van der Waals surface area contributed by atoms with Crippen LogP contribution in [-0.2, 0) is 4.74 Å². The van der Waals surface area contributed by atoms with Gasteiger partial charge in [0.05, 0.1) is 18.3 Å². The van der Waals surface area contributed by atoms with E-state index < -0.39 is 5.60 Å². The van der Waals surface area contributed by atoms with Gasteiger partial charge < -0.3 is 20.8 Å². The van der Waals surface area contributed by atoms with Crippen molar-refractivity contribution < 1.29 is 15.1 Å². The summed E-state index contributed by atoms with van der Waals surface area (Å²) in [5.41, 5.74) is 5.19. The largest absolute Gasteiger partial charge is 0.411 e. The van der Waals surface area contributed by atoms with Crippen LogP contribution in [0.4, 0.5) is 0 Å². The van der Waals surface area contributed by atoms with Gasteiger partial charge in [-0.1, -0.05) is 13.8 Å². The zero-order chi connectivity index (χ0) is 19.3. The highest BCUT2D eigenvalue weighted by molar-refractivity contribution is 5.62. The van der Waals surface area contributed by atoms with E-state index in [0.717, 1.165) is 38.5 Å². The first-order valence-corrected chi connectivity index (χ1v) is 11.1. The lowest BCUT2D eigenvalue weighted by atomic mass is 9.43. The fraction of sp³-hybridized carbons (Fsp3) is 0.955. The van der Waals surface area contributed by atoms with Crippen molar-refractivity contribution in [3.63, 3.8) is 0 Å². The molecule has 0 spiro atoms. The number of hydrogen-bond donors (Lipinski definition) is 3. The molecular formula is C22H38N2O3. The molecule has 154 valence electrons. The second kappa shape index (κ2) is 7.00. The zero-order valence-corrected chi connectivity index (χ0v) is 17.1. The van der Waals surface area contributed by atoms with Gasteiger partial charge in [-0.25, -0.2) is 0 Å². The number of nitrogens with zero attached hydrogens (tertiary/aromatic N) is 1. The molecule has 4 fully saturated rings. The molecule has 4 aliphatic rings. The van der Waals surface area contributed by atoms with E-state index in [0.29, 0.717) is 42.4 Å². The minimum absolute atomic E-state index is 0.148. The Morgan fingerprint density at radius 1 is 1.07 bits per heavy atom. The molecule has 0 saturated heterocycles. The molecule has 4 rings (SSSR count). The molecule has 5 nitrogen and oxygen atoms in total. The van der Waals surface area contributed by atoms with Crippen molar-refractivity contribution in [1.82, 2.24) is 0 Å². The summed E-state index contributed by atoms with van der Waals surface area (Å²) < 4.78 is 6.00. The smallest absolute Gasteiger partial charge is 0.0738 e. The monoisotopic (exact) mass is 378 g/mol. The Morgan fingerprint density at radius 3 is 2.63 bits per heavy atom. The molecule has 0 aromatic rings. The van der Waals surface area contributed by atoms with E-state index in [1.807, 2.05) is 0 Å². The van der Waals surface area contributed by atoms with Gasteiger partial charge >= 0.3 is 0 Å². The van der Waals surface area contributed by atoms with Crippen molar-refractivity contribution >= 4 is 6.21 Å². The lowest BCUT2D eigenvalue weighted by Gasteiger charge is -2.63. The molecule has 0 aromatic heterocycles. The lowest BCUT2D eigenvalue weighted by Crippen LogP contribution is -2.62. The van der Waals surface area contributed by atoms with Crippen molar-refractivity contribution in [2.24, 2.45) is 45.4 Å².